The van der Waals surface area contributed by atoms with Crippen molar-refractivity contribution in [3.63, 3.8) is 0 Å². The number of fused-ring (bicyclic) bond motifs is 2. The van der Waals surface area contributed by atoms with Gasteiger partial charge in [0, 0.05) is 18.2 Å². The third kappa shape index (κ3) is 1.82. The minimum Gasteiger partial charge on any atom is -0.481 e. The Hall–Kier alpha value is -1.84. The van der Waals surface area contributed by atoms with Gasteiger partial charge in [-0.1, -0.05) is 25.1 Å². The van der Waals surface area contributed by atoms with Gasteiger partial charge in [0.05, 0.1) is 0 Å². The fraction of sp³-hybridized carbons (Fsp3) is 0.467. The van der Waals surface area contributed by atoms with E-state index in [0.29, 0.717) is 23.6 Å². The van der Waals surface area contributed by atoms with Crippen LogP contribution in [0.1, 0.15) is 41.6 Å². The molecule has 19 heavy (non-hydrogen) atoms. The minimum absolute atomic E-state index is 0.00926. The summed E-state index contributed by atoms with van der Waals surface area (Å²) >= 11 is 0. The lowest BCUT2D eigenvalue weighted by Crippen LogP contribution is -2.53. The van der Waals surface area contributed by atoms with E-state index in [9.17, 15) is 14.7 Å². The van der Waals surface area contributed by atoms with Gasteiger partial charge in [-0.3, -0.25) is 9.59 Å². The molecular formula is C15H17NO3. The van der Waals surface area contributed by atoms with E-state index in [4.69, 9.17) is 0 Å². The van der Waals surface area contributed by atoms with Gasteiger partial charge in [0.25, 0.3) is 5.91 Å². The molecule has 2 aliphatic rings. The monoisotopic (exact) mass is 259 g/mol. The van der Waals surface area contributed by atoms with Crippen LogP contribution in [0.3, 0.4) is 0 Å². The summed E-state index contributed by atoms with van der Waals surface area (Å²) in [5, 5.41) is 9.56. The van der Waals surface area contributed by atoms with Crippen LogP contribution in [0, 0.1) is 5.92 Å². The molecule has 1 amide bonds. The maximum Gasteiger partial charge on any atom is 0.313 e. The predicted molar refractivity (Wildman–Crippen MR) is 70.0 cm³/mol. The highest BCUT2D eigenvalue weighted by Crippen LogP contribution is 2.39. The van der Waals surface area contributed by atoms with E-state index >= 15 is 0 Å². The van der Waals surface area contributed by atoms with Crippen molar-refractivity contribution in [2.45, 2.75) is 31.7 Å². The number of hydrogen-bond donors (Lipinski definition) is 1. The summed E-state index contributed by atoms with van der Waals surface area (Å²) in [5.41, 5.74) is 1.23. The first-order chi connectivity index (χ1) is 9.09. The Bertz CT molecular complexity index is 540. The first-order valence-electron chi connectivity index (χ1n) is 6.72. The molecule has 1 aromatic carbocycles. The molecule has 1 N–H and O–H groups in total. The normalized spacial score (nSPS) is 29.6. The molecule has 3 rings (SSSR count). The van der Waals surface area contributed by atoms with E-state index in [1.807, 2.05) is 6.07 Å². The zero-order valence-electron chi connectivity index (χ0n) is 10.9. The lowest BCUT2D eigenvalue weighted by molar-refractivity contribution is -0.141. The quantitative estimate of drug-likeness (QED) is 0.840. The average molecular weight is 259 g/mol. The lowest BCUT2D eigenvalue weighted by atomic mass is 9.76. The molecule has 0 radical (unpaired) electrons. The van der Waals surface area contributed by atoms with E-state index in [-0.39, 0.29) is 11.9 Å². The third-order valence-electron chi connectivity index (χ3n) is 4.34. The molecule has 4 heteroatoms. The fourth-order valence-electron chi connectivity index (χ4n) is 3.37. The topological polar surface area (TPSA) is 57.6 Å². The summed E-state index contributed by atoms with van der Waals surface area (Å²) in [6.07, 6.45) is 1.73. The number of carbonyl (C=O) groups is 2. The Morgan fingerprint density at radius 2 is 2.11 bits per heavy atom. The van der Waals surface area contributed by atoms with Crippen molar-refractivity contribution in [2.24, 2.45) is 5.92 Å². The van der Waals surface area contributed by atoms with Crippen LogP contribution in [0.4, 0.5) is 0 Å². The molecule has 3 atom stereocenters. The maximum atomic E-state index is 12.5. The van der Waals surface area contributed by atoms with Gasteiger partial charge in [-0.2, -0.15) is 0 Å². The highest BCUT2D eigenvalue weighted by Gasteiger charge is 2.45. The summed E-state index contributed by atoms with van der Waals surface area (Å²) < 4.78 is 0. The summed E-state index contributed by atoms with van der Waals surface area (Å²) in [6, 6.07) is 6.93. The van der Waals surface area contributed by atoms with Crippen LogP contribution in [-0.4, -0.2) is 34.5 Å². The zero-order valence-corrected chi connectivity index (χ0v) is 10.9. The number of hydrogen-bond acceptors (Lipinski definition) is 2. The molecule has 4 nitrogen and oxygen atoms in total. The van der Waals surface area contributed by atoms with Crippen LogP contribution >= 0.6 is 0 Å². The number of amides is 1. The van der Waals surface area contributed by atoms with E-state index in [0.717, 1.165) is 12.8 Å². The molecule has 0 bridgehead atoms. The number of carbonyl (C=O) groups excluding carboxylic acids is 1. The number of carboxylic acid groups (broad SMARTS) is 1. The van der Waals surface area contributed by atoms with E-state index < -0.39 is 11.9 Å². The highest BCUT2D eigenvalue weighted by atomic mass is 16.4. The van der Waals surface area contributed by atoms with Crippen LogP contribution in [0.15, 0.2) is 24.3 Å². The molecule has 0 spiro atoms. The van der Waals surface area contributed by atoms with Gasteiger partial charge in [-0.05, 0) is 30.4 Å². The second-order valence-electron chi connectivity index (χ2n) is 5.60. The van der Waals surface area contributed by atoms with Crippen molar-refractivity contribution in [3.8, 4) is 0 Å². The molecular weight excluding hydrogens is 242 g/mol. The number of nitrogens with zero attached hydrogens (tertiary/aromatic N) is 1. The Labute approximate surface area is 112 Å². The van der Waals surface area contributed by atoms with Gasteiger partial charge in [-0.25, -0.2) is 0 Å². The van der Waals surface area contributed by atoms with Crippen LogP contribution in [-0.2, 0) is 4.79 Å². The second-order valence-corrected chi connectivity index (χ2v) is 5.60. The van der Waals surface area contributed by atoms with Gasteiger partial charge in [0.15, 0.2) is 0 Å². The number of rotatable bonds is 1. The van der Waals surface area contributed by atoms with Crippen LogP contribution in [0.2, 0.25) is 0 Å². The van der Waals surface area contributed by atoms with Crippen molar-refractivity contribution in [2.75, 3.05) is 6.54 Å². The van der Waals surface area contributed by atoms with Gasteiger partial charge < -0.3 is 10.0 Å². The summed E-state index contributed by atoms with van der Waals surface area (Å²) in [5.74, 6) is -0.952. The highest BCUT2D eigenvalue weighted by molar-refractivity contribution is 6.00. The van der Waals surface area contributed by atoms with Crippen molar-refractivity contribution < 1.29 is 14.7 Å². The number of aliphatic carboxylic acids is 1. The lowest BCUT2D eigenvalue weighted by Gasteiger charge is -2.45. The molecule has 2 heterocycles. The van der Waals surface area contributed by atoms with Crippen molar-refractivity contribution >= 4 is 11.9 Å². The van der Waals surface area contributed by atoms with Crippen molar-refractivity contribution in [1.82, 2.24) is 4.90 Å². The maximum absolute atomic E-state index is 12.5. The van der Waals surface area contributed by atoms with Crippen LogP contribution in [0.5, 0.6) is 0 Å². The van der Waals surface area contributed by atoms with E-state index in [2.05, 4.69) is 6.92 Å². The summed E-state index contributed by atoms with van der Waals surface area (Å²) in [7, 11) is 0. The van der Waals surface area contributed by atoms with Gasteiger partial charge in [0.2, 0.25) is 0 Å². The standard InChI is InChI=1S/C15H17NO3/c1-9-6-7-16-12(8-9)13(15(18)19)10-4-2-3-5-11(10)14(16)17/h2-5,9,12-13H,6-8H2,1H3,(H,18,19)/t9-,12-,13+/m0/s1. The smallest absolute Gasteiger partial charge is 0.313 e. The Morgan fingerprint density at radius 1 is 1.37 bits per heavy atom. The summed E-state index contributed by atoms with van der Waals surface area (Å²) in [6.45, 7) is 2.80. The molecule has 100 valence electrons. The van der Waals surface area contributed by atoms with E-state index in [1.165, 1.54) is 0 Å². The number of piperidine rings is 1. The molecule has 0 aliphatic carbocycles. The molecule has 2 aliphatic heterocycles. The van der Waals surface area contributed by atoms with E-state index in [1.54, 1.807) is 23.1 Å². The minimum atomic E-state index is -0.830. The average Bonchev–Trinajstić information content (AvgIpc) is 2.38. The van der Waals surface area contributed by atoms with Gasteiger partial charge in [0.1, 0.15) is 5.92 Å². The zero-order chi connectivity index (χ0) is 13.6. The van der Waals surface area contributed by atoms with Crippen LogP contribution in [0.25, 0.3) is 0 Å². The largest absolute Gasteiger partial charge is 0.481 e. The Balaban J connectivity index is 2.12. The molecule has 1 aromatic rings. The molecule has 1 saturated heterocycles. The van der Waals surface area contributed by atoms with Crippen molar-refractivity contribution in [3.05, 3.63) is 35.4 Å². The third-order valence-corrected chi connectivity index (χ3v) is 4.34. The fourth-order valence-corrected chi connectivity index (χ4v) is 3.37. The molecule has 0 unspecified atom stereocenters. The first-order valence-corrected chi connectivity index (χ1v) is 6.72. The number of benzene rings is 1. The Kier molecular flexibility index (Phi) is 2.81. The summed E-state index contributed by atoms with van der Waals surface area (Å²) in [4.78, 5) is 25.9. The van der Waals surface area contributed by atoms with Crippen LogP contribution < -0.4 is 0 Å². The SMILES string of the molecule is C[C@H]1CCN2C(=O)c3ccccc3[C@@H](C(=O)O)[C@@H]2C1. The first kappa shape index (κ1) is 12.2. The molecule has 0 aromatic heterocycles. The number of carboxylic acids is 1. The Morgan fingerprint density at radius 3 is 2.84 bits per heavy atom. The predicted octanol–water partition coefficient (Wildman–Crippen LogP) is 2.11. The van der Waals surface area contributed by atoms with Gasteiger partial charge >= 0.3 is 5.97 Å². The molecule has 1 fully saturated rings. The molecule has 0 saturated carbocycles. The van der Waals surface area contributed by atoms with Gasteiger partial charge in [-0.15, -0.1) is 0 Å². The second kappa shape index (κ2) is 4.37. The van der Waals surface area contributed by atoms with Crippen molar-refractivity contribution in [1.29, 1.82) is 0 Å².